The Kier molecular flexibility index (Phi) is 5.71. The second kappa shape index (κ2) is 7.23. The maximum atomic E-state index is 12.8. The molecule has 0 amide bonds. The standard InChI is InChI=1S/C18H18Br2O4/c1-18(2)12(24-3)9-11(21)13(17(18)23)16(22)15(20)14(19)10-7-5-4-6-8-10/h4-9,14-15,21H,1-3H3/t14-,15+/m1/s1. The molecule has 1 aliphatic carbocycles. The monoisotopic (exact) mass is 456 g/mol. The number of ketones is 2. The molecule has 0 fully saturated rings. The highest BCUT2D eigenvalue weighted by Crippen LogP contribution is 2.40. The Morgan fingerprint density at radius 3 is 2.33 bits per heavy atom. The molecule has 2 rings (SSSR count). The molecule has 0 aliphatic heterocycles. The van der Waals surface area contributed by atoms with Crippen molar-refractivity contribution in [2.24, 2.45) is 5.41 Å². The van der Waals surface area contributed by atoms with Crippen LogP contribution in [0, 0.1) is 5.41 Å². The summed E-state index contributed by atoms with van der Waals surface area (Å²) < 4.78 is 5.17. The van der Waals surface area contributed by atoms with Crippen LogP contribution in [0.2, 0.25) is 0 Å². The van der Waals surface area contributed by atoms with Crippen molar-refractivity contribution in [3.05, 3.63) is 59.1 Å². The number of aliphatic hydroxyl groups is 1. The van der Waals surface area contributed by atoms with Gasteiger partial charge in [-0.2, -0.15) is 0 Å². The maximum Gasteiger partial charge on any atom is 0.185 e. The molecule has 2 atom stereocenters. The van der Waals surface area contributed by atoms with Gasteiger partial charge >= 0.3 is 0 Å². The third kappa shape index (κ3) is 3.35. The van der Waals surface area contributed by atoms with Gasteiger partial charge in [-0.3, -0.25) is 9.59 Å². The van der Waals surface area contributed by atoms with Gasteiger partial charge in [0.05, 0.1) is 22.2 Å². The minimum Gasteiger partial charge on any atom is -0.507 e. The van der Waals surface area contributed by atoms with Crippen molar-refractivity contribution < 1.29 is 19.4 Å². The number of Topliss-reactive ketones (excluding diaryl/α,β-unsaturated/α-hetero) is 2. The number of allylic oxidation sites excluding steroid dienone is 3. The second-order valence-electron chi connectivity index (χ2n) is 6.01. The molecule has 1 aliphatic rings. The number of ether oxygens (including phenoxy) is 1. The van der Waals surface area contributed by atoms with Crippen molar-refractivity contribution >= 4 is 43.4 Å². The van der Waals surface area contributed by atoms with Crippen molar-refractivity contribution in [1.29, 1.82) is 0 Å². The van der Waals surface area contributed by atoms with Crippen LogP contribution in [0.4, 0.5) is 0 Å². The van der Waals surface area contributed by atoms with Crippen LogP contribution in [0.15, 0.2) is 53.5 Å². The van der Waals surface area contributed by atoms with Gasteiger partial charge in [0, 0.05) is 6.08 Å². The van der Waals surface area contributed by atoms with Crippen LogP contribution in [0.5, 0.6) is 0 Å². The number of carbonyl (C=O) groups is 2. The van der Waals surface area contributed by atoms with E-state index in [0.29, 0.717) is 5.76 Å². The van der Waals surface area contributed by atoms with E-state index in [-0.39, 0.29) is 16.2 Å². The fourth-order valence-electron chi connectivity index (χ4n) is 2.55. The number of hydrogen-bond donors (Lipinski definition) is 1. The van der Waals surface area contributed by atoms with Crippen molar-refractivity contribution in [1.82, 2.24) is 0 Å². The zero-order chi connectivity index (χ0) is 18.1. The topological polar surface area (TPSA) is 63.6 Å². The first-order valence-corrected chi connectivity index (χ1v) is 9.16. The molecule has 1 aromatic rings. The highest BCUT2D eigenvalue weighted by molar-refractivity contribution is 9.12. The number of hydrogen-bond acceptors (Lipinski definition) is 4. The lowest BCUT2D eigenvalue weighted by Gasteiger charge is -2.30. The van der Waals surface area contributed by atoms with E-state index in [1.165, 1.54) is 13.2 Å². The summed E-state index contributed by atoms with van der Waals surface area (Å²) >= 11 is 6.85. The average Bonchev–Trinajstić information content (AvgIpc) is 2.57. The Labute approximate surface area is 157 Å². The SMILES string of the molecule is COC1=CC(O)=C(C(=O)[C@@H](Br)[C@H](Br)c2ccccc2)C(=O)C1(C)C. The quantitative estimate of drug-likeness (QED) is 0.525. The Balaban J connectivity index is 2.38. The van der Waals surface area contributed by atoms with Gasteiger partial charge in [0.25, 0.3) is 0 Å². The minimum absolute atomic E-state index is 0.206. The van der Waals surface area contributed by atoms with E-state index in [4.69, 9.17) is 4.74 Å². The maximum absolute atomic E-state index is 12.8. The highest BCUT2D eigenvalue weighted by Gasteiger charge is 2.44. The van der Waals surface area contributed by atoms with Gasteiger partial charge in [0.2, 0.25) is 0 Å². The molecule has 1 aromatic carbocycles. The largest absolute Gasteiger partial charge is 0.507 e. The van der Waals surface area contributed by atoms with Gasteiger partial charge in [-0.25, -0.2) is 0 Å². The van der Waals surface area contributed by atoms with Crippen LogP contribution in [-0.4, -0.2) is 28.6 Å². The highest BCUT2D eigenvalue weighted by atomic mass is 79.9. The van der Waals surface area contributed by atoms with Crippen molar-refractivity contribution in [3.63, 3.8) is 0 Å². The Hall–Kier alpha value is -1.40. The van der Waals surface area contributed by atoms with Gasteiger partial charge in [0.1, 0.15) is 17.1 Å². The van der Waals surface area contributed by atoms with E-state index in [1.807, 2.05) is 30.3 Å². The molecule has 0 unspecified atom stereocenters. The number of methoxy groups -OCH3 is 1. The molecule has 0 saturated heterocycles. The van der Waals surface area contributed by atoms with Crippen LogP contribution in [0.3, 0.4) is 0 Å². The Bertz CT molecular complexity index is 720. The van der Waals surface area contributed by atoms with E-state index in [0.717, 1.165) is 5.56 Å². The van der Waals surface area contributed by atoms with Gasteiger partial charge in [-0.15, -0.1) is 0 Å². The number of halogens is 2. The molecule has 0 heterocycles. The van der Waals surface area contributed by atoms with Crippen molar-refractivity contribution in [3.8, 4) is 0 Å². The van der Waals surface area contributed by atoms with Gasteiger partial charge in [-0.1, -0.05) is 62.2 Å². The normalized spacial score (nSPS) is 19.5. The van der Waals surface area contributed by atoms with Crippen LogP contribution in [0.1, 0.15) is 24.2 Å². The third-order valence-corrected chi connectivity index (χ3v) is 6.74. The fourth-order valence-corrected chi connectivity index (χ4v) is 3.63. The summed E-state index contributed by atoms with van der Waals surface area (Å²) in [6.07, 6.45) is 1.33. The number of carbonyl (C=O) groups excluding carboxylic acids is 2. The first-order chi connectivity index (χ1) is 11.2. The molecule has 24 heavy (non-hydrogen) atoms. The summed E-state index contributed by atoms with van der Waals surface area (Å²) in [6, 6.07) is 9.38. The molecule has 0 bridgehead atoms. The van der Waals surface area contributed by atoms with Crippen LogP contribution >= 0.6 is 31.9 Å². The molecule has 0 spiro atoms. The predicted octanol–water partition coefficient (Wildman–Crippen LogP) is 4.41. The van der Waals surface area contributed by atoms with E-state index in [2.05, 4.69) is 31.9 Å². The van der Waals surface area contributed by atoms with Crippen LogP contribution < -0.4 is 0 Å². The van der Waals surface area contributed by atoms with Gasteiger partial charge in [0.15, 0.2) is 11.6 Å². The fraction of sp³-hybridized carbons (Fsp3) is 0.333. The lowest BCUT2D eigenvalue weighted by atomic mass is 9.76. The Morgan fingerprint density at radius 1 is 1.21 bits per heavy atom. The molecule has 1 N–H and O–H groups in total. The summed E-state index contributed by atoms with van der Waals surface area (Å²) in [6.45, 7) is 3.33. The summed E-state index contributed by atoms with van der Waals surface area (Å²) in [4.78, 5) is 24.5. The average molecular weight is 458 g/mol. The lowest BCUT2D eigenvalue weighted by Crippen LogP contribution is -2.37. The number of rotatable bonds is 5. The van der Waals surface area contributed by atoms with Gasteiger partial charge < -0.3 is 9.84 Å². The van der Waals surface area contributed by atoms with Crippen molar-refractivity contribution in [2.75, 3.05) is 7.11 Å². The summed E-state index contributed by atoms with van der Waals surface area (Å²) in [7, 11) is 1.43. The molecule has 0 aromatic heterocycles. The van der Waals surface area contributed by atoms with E-state index < -0.39 is 21.8 Å². The summed E-state index contributed by atoms with van der Waals surface area (Å²) in [5.41, 5.74) is -0.320. The molecule has 128 valence electrons. The third-order valence-electron chi connectivity index (χ3n) is 4.03. The lowest BCUT2D eigenvalue weighted by molar-refractivity contribution is -0.127. The Morgan fingerprint density at radius 2 is 1.79 bits per heavy atom. The molecule has 0 saturated carbocycles. The molecule has 6 heteroatoms. The zero-order valence-electron chi connectivity index (χ0n) is 13.5. The number of alkyl halides is 2. The summed E-state index contributed by atoms with van der Waals surface area (Å²) in [5.74, 6) is -0.964. The molecular weight excluding hydrogens is 440 g/mol. The van der Waals surface area contributed by atoms with Crippen LogP contribution in [-0.2, 0) is 14.3 Å². The zero-order valence-corrected chi connectivity index (χ0v) is 16.7. The van der Waals surface area contributed by atoms with Crippen LogP contribution in [0.25, 0.3) is 0 Å². The molecule has 4 nitrogen and oxygen atoms in total. The first kappa shape index (κ1) is 18.9. The number of benzene rings is 1. The molecule has 0 radical (unpaired) electrons. The number of aliphatic hydroxyl groups excluding tert-OH is 1. The minimum atomic E-state index is -1.01. The van der Waals surface area contributed by atoms with E-state index in [1.54, 1.807) is 13.8 Å². The summed E-state index contributed by atoms with van der Waals surface area (Å²) in [5, 5.41) is 10.2. The molecular formula is C18H18Br2O4. The van der Waals surface area contributed by atoms with Gasteiger partial charge in [-0.05, 0) is 19.4 Å². The smallest absolute Gasteiger partial charge is 0.185 e. The predicted molar refractivity (Wildman–Crippen MR) is 99.4 cm³/mol. The van der Waals surface area contributed by atoms with E-state index in [9.17, 15) is 14.7 Å². The van der Waals surface area contributed by atoms with E-state index >= 15 is 0 Å². The first-order valence-electron chi connectivity index (χ1n) is 7.33. The van der Waals surface area contributed by atoms with Crippen molar-refractivity contribution in [2.45, 2.75) is 23.5 Å². The second-order valence-corrected chi connectivity index (χ2v) is 7.98.